The zero-order chi connectivity index (χ0) is 16.0. The molecular weight excluding hydrogens is 322 g/mol. The lowest BCUT2D eigenvalue weighted by atomic mass is 10.1. The summed E-state index contributed by atoms with van der Waals surface area (Å²) in [7, 11) is -3.65. The molecule has 0 fully saturated rings. The smallest absolute Gasteiger partial charge is 0.322 e. The first kappa shape index (κ1) is 16.7. The van der Waals surface area contributed by atoms with Crippen LogP contribution in [-0.4, -0.2) is 31.3 Å². The maximum Gasteiger partial charge on any atom is 0.322 e. The zero-order valence-electron chi connectivity index (χ0n) is 11.8. The molecule has 0 saturated carbocycles. The van der Waals surface area contributed by atoms with E-state index in [0.29, 0.717) is 6.42 Å². The monoisotopic (exact) mass is 339 g/mol. The van der Waals surface area contributed by atoms with Gasteiger partial charge in [-0.3, -0.25) is 4.79 Å². The van der Waals surface area contributed by atoms with E-state index >= 15 is 0 Å². The highest BCUT2D eigenvalue weighted by atomic mass is 32.2. The Morgan fingerprint density at radius 1 is 1.18 bits per heavy atom. The number of benzene rings is 1. The van der Waals surface area contributed by atoms with Gasteiger partial charge in [0.2, 0.25) is 10.0 Å². The first-order chi connectivity index (χ1) is 10.5. The van der Waals surface area contributed by atoms with Crippen molar-refractivity contribution in [3.05, 3.63) is 58.3 Å². The van der Waals surface area contributed by atoms with Gasteiger partial charge in [-0.05, 0) is 29.9 Å². The Bertz CT molecular complexity index is 696. The summed E-state index contributed by atoms with van der Waals surface area (Å²) in [4.78, 5) is 12.2. The van der Waals surface area contributed by atoms with E-state index in [2.05, 4.69) is 4.72 Å². The second kappa shape index (κ2) is 7.53. The van der Waals surface area contributed by atoms with Crippen molar-refractivity contribution in [2.45, 2.75) is 18.9 Å². The second-order valence-corrected chi connectivity index (χ2v) is 7.75. The zero-order valence-corrected chi connectivity index (χ0v) is 13.4. The third kappa shape index (κ3) is 5.25. The minimum Gasteiger partial charge on any atom is -0.480 e. The molecule has 0 amide bonds. The van der Waals surface area contributed by atoms with E-state index in [1.54, 1.807) is 24.3 Å². The van der Waals surface area contributed by atoms with Crippen LogP contribution >= 0.6 is 11.3 Å². The Kier molecular flexibility index (Phi) is 5.70. The van der Waals surface area contributed by atoms with E-state index in [1.165, 1.54) is 11.3 Å². The average Bonchev–Trinajstić information content (AvgIpc) is 2.99. The number of hydrogen-bond donors (Lipinski definition) is 2. The molecule has 0 saturated heterocycles. The van der Waals surface area contributed by atoms with Crippen LogP contribution in [0.1, 0.15) is 10.4 Å². The van der Waals surface area contributed by atoms with E-state index in [4.69, 9.17) is 0 Å². The minimum absolute atomic E-state index is 0.119. The second-order valence-electron chi connectivity index (χ2n) is 4.85. The van der Waals surface area contributed by atoms with E-state index in [9.17, 15) is 18.3 Å². The predicted octanol–water partition coefficient (Wildman–Crippen LogP) is 1.91. The average molecular weight is 339 g/mol. The van der Waals surface area contributed by atoms with Crippen molar-refractivity contribution in [2.75, 3.05) is 5.75 Å². The number of sulfonamides is 1. The maximum atomic E-state index is 12.1. The van der Waals surface area contributed by atoms with Crippen LogP contribution in [0.3, 0.4) is 0 Å². The third-order valence-electron chi connectivity index (χ3n) is 3.10. The van der Waals surface area contributed by atoms with Gasteiger partial charge < -0.3 is 5.11 Å². The van der Waals surface area contributed by atoms with Crippen molar-refractivity contribution in [2.24, 2.45) is 0 Å². The van der Waals surface area contributed by atoms with Crippen LogP contribution in [0.4, 0.5) is 0 Å². The fourth-order valence-electron chi connectivity index (χ4n) is 1.99. The van der Waals surface area contributed by atoms with Crippen molar-refractivity contribution < 1.29 is 18.3 Å². The van der Waals surface area contributed by atoms with Gasteiger partial charge in [0.15, 0.2) is 0 Å². The molecule has 0 aliphatic carbocycles. The van der Waals surface area contributed by atoms with Gasteiger partial charge in [0, 0.05) is 4.88 Å². The molecule has 7 heteroatoms. The molecule has 2 aromatic rings. The first-order valence-electron chi connectivity index (χ1n) is 6.75. The molecule has 1 atom stereocenters. The predicted molar refractivity (Wildman–Crippen MR) is 86.5 cm³/mol. The van der Waals surface area contributed by atoms with Crippen molar-refractivity contribution in [1.82, 2.24) is 4.72 Å². The number of carboxylic acid groups (broad SMARTS) is 1. The van der Waals surface area contributed by atoms with Crippen LogP contribution in [0, 0.1) is 0 Å². The Morgan fingerprint density at radius 2 is 1.91 bits per heavy atom. The SMILES string of the molecule is O=C(O)[C@H](Cc1ccccc1)NS(=O)(=O)CCc1cccs1. The van der Waals surface area contributed by atoms with E-state index in [1.807, 2.05) is 23.6 Å². The van der Waals surface area contributed by atoms with Crippen LogP contribution in [-0.2, 0) is 27.7 Å². The highest BCUT2D eigenvalue weighted by Gasteiger charge is 2.24. The number of carbonyl (C=O) groups is 1. The normalized spacial score (nSPS) is 12.9. The summed E-state index contributed by atoms with van der Waals surface area (Å²) in [5, 5.41) is 11.1. The number of aryl methyl sites for hydroxylation is 1. The maximum absolute atomic E-state index is 12.1. The molecule has 22 heavy (non-hydrogen) atoms. The van der Waals surface area contributed by atoms with Gasteiger partial charge in [-0.1, -0.05) is 36.4 Å². The lowest BCUT2D eigenvalue weighted by Gasteiger charge is -2.14. The Hall–Kier alpha value is -1.70. The molecule has 1 aromatic heterocycles. The largest absolute Gasteiger partial charge is 0.480 e. The topological polar surface area (TPSA) is 83.5 Å². The van der Waals surface area contributed by atoms with Gasteiger partial charge in [0.05, 0.1) is 5.75 Å². The van der Waals surface area contributed by atoms with Crippen LogP contribution in [0.2, 0.25) is 0 Å². The molecule has 0 unspecified atom stereocenters. The molecule has 0 bridgehead atoms. The van der Waals surface area contributed by atoms with E-state index in [0.717, 1.165) is 10.4 Å². The van der Waals surface area contributed by atoms with Crippen LogP contribution < -0.4 is 4.72 Å². The number of thiophene rings is 1. The van der Waals surface area contributed by atoms with Gasteiger partial charge in [0.25, 0.3) is 0 Å². The summed E-state index contributed by atoms with van der Waals surface area (Å²) in [5.41, 5.74) is 0.774. The summed E-state index contributed by atoms with van der Waals surface area (Å²) < 4.78 is 26.4. The molecule has 5 nitrogen and oxygen atoms in total. The number of hydrogen-bond acceptors (Lipinski definition) is 4. The van der Waals surface area contributed by atoms with Gasteiger partial charge in [-0.25, -0.2) is 13.1 Å². The van der Waals surface area contributed by atoms with Gasteiger partial charge in [0.1, 0.15) is 6.04 Å². The molecule has 0 radical (unpaired) electrons. The molecule has 0 aliphatic rings. The molecular formula is C15H17NO4S2. The Balaban J connectivity index is 1.98. The summed E-state index contributed by atoms with van der Waals surface area (Å²) in [5.74, 6) is -1.30. The molecule has 0 spiro atoms. The highest BCUT2D eigenvalue weighted by molar-refractivity contribution is 7.89. The Morgan fingerprint density at radius 3 is 2.50 bits per heavy atom. The molecule has 118 valence electrons. The molecule has 1 aromatic carbocycles. The lowest BCUT2D eigenvalue weighted by Crippen LogP contribution is -2.43. The molecule has 2 rings (SSSR count). The van der Waals surface area contributed by atoms with Gasteiger partial charge >= 0.3 is 5.97 Å². The van der Waals surface area contributed by atoms with Crippen molar-refractivity contribution in [3.63, 3.8) is 0 Å². The third-order valence-corrected chi connectivity index (χ3v) is 5.42. The van der Waals surface area contributed by atoms with Crippen LogP contribution in [0.15, 0.2) is 47.8 Å². The lowest BCUT2D eigenvalue weighted by molar-refractivity contribution is -0.138. The summed E-state index contributed by atoms with van der Waals surface area (Å²) in [6, 6.07) is 11.5. The van der Waals surface area contributed by atoms with E-state index in [-0.39, 0.29) is 12.2 Å². The van der Waals surface area contributed by atoms with Crippen molar-refractivity contribution in [1.29, 1.82) is 0 Å². The summed E-state index contributed by atoms with van der Waals surface area (Å²) in [6.45, 7) is 0. The van der Waals surface area contributed by atoms with Crippen LogP contribution in [0.5, 0.6) is 0 Å². The quantitative estimate of drug-likeness (QED) is 0.769. The summed E-state index contributed by atoms with van der Waals surface area (Å²) in [6.07, 6.45) is 0.499. The first-order valence-corrected chi connectivity index (χ1v) is 9.28. The highest BCUT2D eigenvalue weighted by Crippen LogP contribution is 2.10. The van der Waals surface area contributed by atoms with Crippen molar-refractivity contribution in [3.8, 4) is 0 Å². The van der Waals surface area contributed by atoms with Crippen LogP contribution in [0.25, 0.3) is 0 Å². The fourth-order valence-corrected chi connectivity index (χ4v) is 4.06. The fraction of sp³-hybridized carbons (Fsp3) is 0.267. The van der Waals surface area contributed by atoms with Gasteiger partial charge in [-0.15, -0.1) is 11.3 Å². The molecule has 0 aliphatic heterocycles. The van der Waals surface area contributed by atoms with Crippen molar-refractivity contribution >= 4 is 27.3 Å². The Labute approximate surface area is 133 Å². The van der Waals surface area contributed by atoms with E-state index < -0.39 is 22.0 Å². The molecule has 2 N–H and O–H groups in total. The molecule has 1 heterocycles. The number of carboxylic acids is 1. The number of rotatable bonds is 8. The number of aliphatic carboxylic acids is 1. The minimum atomic E-state index is -3.65. The standard InChI is InChI=1S/C15H17NO4S2/c17-15(18)14(11-12-5-2-1-3-6-12)16-22(19,20)10-8-13-7-4-9-21-13/h1-7,9,14,16H,8,10-11H2,(H,17,18)/t14-/m0/s1. The van der Waals surface area contributed by atoms with Gasteiger partial charge in [-0.2, -0.15) is 0 Å². The number of nitrogens with one attached hydrogen (secondary N) is 1. The summed E-state index contributed by atoms with van der Waals surface area (Å²) >= 11 is 1.48.